The highest BCUT2D eigenvalue weighted by molar-refractivity contribution is 5.85. The Bertz CT molecular complexity index is 543. The normalized spacial score (nSPS) is 15.7. The van der Waals surface area contributed by atoms with Gasteiger partial charge >= 0.3 is 5.97 Å². The fraction of sp³-hybridized carbons (Fsp3) is 0.300. The Morgan fingerprint density at radius 3 is 2.93 bits per heavy atom. The van der Waals surface area contributed by atoms with E-state index in [9.17, 15) is 4.79 Å². The standard InChI is InChI=1S/C10H9N3O2/c14-9(15)8-5-13-4-7(6-1-2-6)3-11-10(13)12-8/h3-6H,1-2H2,(H,14,15). The fourth-order valence-corrected chi connectivity index (χ4v) is 1.63. The van der Waals surface area contributed by atoms with E-state index in [0.29, 0.717) is 11.7 Å². The molecular weight excluding hydrogens is 194 g/mol. The Kier molecular flexibility index (Phi) is 1.56. The van der Waals surface area contributed by atoms with E-state index in [2.05, 4.69) is 9.97 Å². The number of aromatic nitrogens is 3. The number of carboxylic acid groups (broad SMARTS) is 1. The predicted octanol–water partition coefficient (Wildman–Crippen LogP) is 1.30. The monoisotopic (exact) mass is 203 g/mol. The molecule has 1 aliphatic carbocycles. The van der Waals surface area contributed by atoms with Crippen LogP contribution in [0.5, 0.6) is 0 Å². The van der Waals surface area contributed by atoms with Crippen LogP contribution in [0.3, 0.4) is 0 Å². The number of imidazole rings is 1. The van der Waals surface area contributed by atoms with Gasteiger partial charge in [0.2, 0.25) is 5.78 Å². The van der Waals surface area contributed by atoms with Crippen LogP contribution in [0.4, 0.5) is 0 Å². The molecule has 1 aliphatic rings. The first-order valence-electron chi connectivity index (χ1n) is 4.82. The van der Waals surface area contributed by atoms with Crippen molar-refractivity contribution in [1.82, 2.24) is 14.4 Å². The lowest BCUT2D eigenvalue weighted by atomic mass is 10.2. The Morgan fingerprint density at radius 2 is 2.27 bits per heavy atom. The summed E-state index contributed by atoms with van der Waals surface area (Å²) in [6.07, 6.45) is 7.60. The Labute approximate surface area is 85.4 Å². The van der Waals surface area contributed by atoms with E-state index in [0.717, 1.165) is 5.56 Å². The van der Waals surface area contributed by atoms with Crippen molar-refractivity contribution in [3.63, 3.8) is 0 Å². The van der Waals surface area contributed by atoms with Crippen LogP contribution in [0.1, 0.15) is 34.8 Å². The van der Waals surface area contributed by atoms with Gasteiger partial charge in [-0.15, -0.1) is 0 Å². The van der Waals surface area contributed by atoms with Gasteiger partial charge in [0.1, 0.15) is 0 Å². The molecule has 76 valence electrons. The SMILES string of the molecule is O=C(O)c1cn2cc(C3CC3)cnc2n1. The van der Waals surface area contributed by atoms with E-state index in [-0.39, 0.29) is 5.69 Å². The van der Waals surface area contributed by atoms with Gasteiger partial charge in [-0.25, -0.2) is 14.8 Å². The molecule has 0 unspecified atom stereocenters. The van der Waals surface area contributed by atoms with Gasteiger partial charge < -0.3 is 5.11 Å². The molecule has 2 aromatic rings. The third-order valence-electron chi connectivity index (χ3n) is 2.60. The lowest BCUT2D eigenvalue weighted by molar-refractivity contribution is 0.0691. The van der Waals surface area contributed by atoms with Crippen molar-refractivity contribution in [2.24, 2.45) is 0 Å². The topological polar surface area (TPSA) is 67.5 Å². The average molecular weight is 203 g/mol. The maximum Gasteiger partial charge on any atom is 0.356 e. The smallest absolute Gasteiger partial charge is 0.356 e. The molecule has 0 bridgehead atoms. The molecular formula is C10H9N3O2. The Hall–Kier alpha value is -1.91. The van der Waals surface area contributed by atoms with Crippen LogP contribution in [0.2, 0.25) is 0 Å². The molecule has 0 atom stereocenters. The minimum absolute atomic E-state index is 0.0375. The second-order valence-electron chi connectivity index (χ2n) is 3.80. The number of carbonyl (C=O) groups is 1. The molecule has 3 rings (SSSR count). The molecule has 0 amide bonds. The summed E-state index contributed by atoms with van der Waals surface area (Å²) in [6, 6.07) is 0. The highest BCUT2D eigenvalue weighted by atomic mass is 16.4. The highest BCUT2D eigenvalue weighted by Gasteiger charge is 2.24. The summed E-state index contributed by atoms with van der Waals surface area (Å²) < 4.78 is 1.68. The number of hydrogen-bond acceptors (Lipinski definition) is 3. The van der Waals surface area contributed by atoms with Crippen molar-refractivity contribution in [2.45, 2.75) is 18.8 Å². The minimum atomic E-state index is -1.02. The summed E-state index contributed by atoms with van der Waals surface area (Å²) in [4.78, 5) is 18.7. The summed E-state index contributed by atoms with van der Waals surface area (Å²) in [5.41, 5.74) is 1.20. The van der Waals surface area contributed by atoms with Crippen molar-refractivity contribution < 1.29 is 9.90 Å². The van der Waals surface area contributed by atoms with E-state index in [4.69, 9.17) is 5.11 Å². The van der Waals surface area contributed by atoms with E-state index in [1.165, 1.54) is 19.0 Å². The number of hydrogen-bond donors (Lipinski definition) is 1. The first-order valence-corrected chi connectivity index (χ1v) is 4.82. The van der Waals surface area contributed by atoms with Gasteiger partial charge in [-0.3, -0.25) is 4.40 Å². The first-order chi connectivity index (χ1) is 7.24. The van der Waals surface area contributed by atoms with Crippen LogP contribution in [0.25, 0.3) is 5.78 Å². The quantitative estimate of drug-likeness (QED) is 0.798. The predicted molar refractivity (Wildman–Crippen MR) is 51.9 cm³/mol. The molecule has 1 fully saturated rings. The maximum atomic E-state index is 10.7. The van der Waals surface area contributed by atoms with Gasteiger partial charge in [0.25, 0.3) is 0 Å². The number of carboxylic acids is 1. The maximum absolute atomic E-state index is 10.7. The van der Waals surface area contributed by atoms with Crippen molar-refractivity contribution in [3.05, 3.63) is 29.8 Å². The zero-order valence-electron chi connectivity index (χ0n) is 7.92. The average Bonchev–Trinajstić information content (AvgIpc) is 2.96. The number of fused-ring (bicyclic) bond motifs is 1. The molecule has 1 saturated carbocycles. The summed E-state index contributed by atoms with van der Waals surface area (Å²) in [5, 5.41) is 8.77. The van der Waals surface area contributed by atoms with E-state index in [1.807, 2.05) is 6.20 Å². The van der Waals surface area contributed by atoms with Crippen LogP contribution < -0.4 is 0 Å². The molecule has 2 heterocycles. The molecule has 0 radical (unpaired) electrons. The van der Waals surface area contributed by atoms with Crippen molar-refractivity contribution >= 4 is 11.7 Å². The number of nitrogens with zero attached hydrogens (tertiary/aromatic N) is 3. The van der Waals surface area contributed by atoms with Crippen LogP contribution in [-0.4, -0.2) is 25.4 Å². The summed E-state index contributed by atoms with van der Waals surface area (Å²) in [7, 11) is 0. The third kappa shape index (κ3) is 1.36. The molecule has 2 aromatic heterocycles. The van der Waals surface area contributed by atoms with Gasteiger partial charge in [0.05, 0.1) is 0 Å². The summed E-state index contributed by atoms with van der Waals surface area (Å²) in [6.45, 7) is 0. The van der Waals surface area contributed by atoms with E-state index < -0.39 is 5.97 Å². The lowest BCUT2D eigenvalue weighted by Crippen LogP contribution is -1.94. The largest absolute Gasteiger partial charge is 0.476 e. The molecule has 0 aliphatic heterocycles. The Morgan fingerprint density at radius 1 is 1.47 bits per heavy atom. The number of aromatic carboxylic acids is 1. The molecule has 5 nitrogen and oxygen atoms in total. The summed E-state index contributed by atoms with van der Waals surface area (Å²) in [5.74, 6) is 0.0304. The van der Waals surface area contributed by atoms with Gasteiger partial charge in [0, 0.05) is 18.6 Å². The first kappa shape index (κ1) is 8.40. The zero-order valence-corrected chi connectivity index (χ0v) is 7.92. The molecule has 1 N–H and O–H groups in total. The second kappa shape index (κ2) is 2.79. The van der Waals surface area contributed by atoms with Crippen LogP contribution >= 0.6 is 0 Å². The van der Waals surface area contributed by atoms with Crippen molar-refractivity contribution in [2.75, 3.05) is 0 Å². The third-order valence-corrected chi connectivity index (χ3v) is 2.60. The Balaban J connectivity index is 2.13. The van der Waals surface area contributed by atoms with Crippen molar-refractivity contribution in [1.29, 1.82) is 0 Å². The second-order valence-corrected chi connectivity index (χ2v) is 3.80. The van der Waals surface area contributed by atoms with Crippen LogP contribution in [0, 0.1) is 0 Å². The van der Waals surface area contributed by atoms with E-state index >= 15 is 0 Å². The van der Waals surface area contributed by atoms with Gasteiger partial charge in [-0.2, -0.15) is 0 Å². The van der Waals surface area contributed by atoms with Crippen LogP contribution in [-0.2, 0) is 0 Å². The van der Waals surface area contributed by atoms with Gasteiger partial charge in [-0.1, -0.05) is 0 Å². The molecule has 5 heteroatoms. The molecule has 0 saturated heterocycles. The van der Waals surface area contributed by atoms with Gasteiger partial charge in [0.15, 0.2) is 5.69 Å². The van der Waals surface area contributed by atoms with Crippen molar-refractivity contribution in [3.8, 4) is 0 Å². The molecule has 15 heavy (non-hydrogen) atoms. The van der Waals surface area contributed by atoms with Crippen LogP contribution in [0.15, 0.2) is 18.6 Å². The number of rotatable bonds is 2. The fourth-order valence-electron chi connectivity index (χ4n) is 1.63. The molecule has 0 spiro atoms. The zero-order chi connectivity index (χ0) is 10.4. The highest BCUT2D eigenvalue weighted by Crippen LogP contribution is 2.39. The van der Waals surface area contributed by atoms with Gasteiger partial charge in [-0.05, 0) is 24.3 Å². The summed E-state index contributed by atoms with van der Waals surface area (Å²) >= 11 is 0. The lowest BCUT2D eigenvalue weighted by Gasteiger charge is -1.97. The van der Waals surface area contributed by atoms with E-state index in [1.54, 1.807) is 10.6 Å². The molecule has 0 aromatic carbocycles. The minimum Gasteiger partial charge on any atom is -0.476 e.